The largest absolute Gasteiger partial charge is 0.478 e. The van der Waals surface area contributed by atoms with Gasteiger partial charge in [0.1, 0.15) is 0 Å². The molecule has 10 nitrogen and oxygen atoms in total. The number of nitrogens with zero attached hydrogens (tertiary/aromatic N) is 4. The van der Waals surface area contributed by atoms with Gasteiger partial charge in [0.15, 0.2) is 0 Å². The normalized spacial score (nSPS) is 23.5. The van der Waals surface area contributed by atoms with Crippen LogP contribution in [0.3, 0.4) is 0 Å². The van der Waals surface area contributed by atoms with Crippen molar-refractivity contribution in [1.29, 1.82) is 10.5 Å². The number of aromatic carboxylic acids is 2. The van der Waals surface area contributed by atoms with Crippen LogP contribution < -0.4 is 9.80 Å². The Morgan fingerprint density at radius 1 is 0.548 bits per heavy atom. The van der Waals surface area contributed by atoms with Gasteiger partial charge in [-0.15, -0.1) is 0 Å². The monoisotopic (exact) mass is 816 g/mol. The summed E-state index contributed by atoms with van der Waals surface area (Å²) in [6.07, 6.45) is 1.40. The van der Waals surface area contributed by atoms with Crippen molar-refractivity contribution in [1.82, 2.24) is 0 Å². The van der Waals surface area contributed by atoms with Gasteiger partial charge in [0, 0.05) is 22.2 Å². The lowest BCUT2D eigenvalue weighted by molar-refractivity contribution is -0.121. The van der Waals surface area contributed by atoms with E-state index in [2.05, 4.69) is 26.0 Å². The molecule has 10 heteroatoms. The minimum Gasteiger partial charge on any atom is -0.478 e. The molecule has 0 aromatic heterocycles. The molecule has 304 valence electrons. The van der Waals surface area contributed by atoms with E-state index in [-0.39, 0.29) is 33.8 Å². The number of anilines is 2. The minimum absolute atomic E-state index is 0.0429. The topological polar surface area (TPSA) is 163 Å². The SMILES string of the molecule is C[C@@]1(c2ccc(C#N)cc2)C[C@]12C(=O)N(Cc1cccc(C(=O)O)c1)c1ccccc12.C[C@]1(c2ccc(C#N)cc2)C[C@@]12C(=O)N(Cc1cccc(C(=O)O)c1)c1ccccc12. The number of hydrogen-bond donors (Lipinski definition) is 2. The third-order valence-electron chi connectivity index (χ3n) is 13.7. The van der Waals surface area contributed by atoms with Gasteiger partial charge in [-0.3, -0.25) is 9.59 Å². The lowest BCUT2D eigenvalue weighted by Crippen LogP contribution is -2.35. The summed E-state index contributed by atoms with van der Waals surface area (Å²) in [5.74, 6) is -1.88. The summed E-state index contributed by atoms with van der Waals surface area (Å²) in [5, 5.41) is 36.8. The summed E-state index contributed by atoms with van der Waals surface area (Å²) in [4.78, 5) is 54.0. The lowest BCUT2D eigenvalue weighted by Gasteiger charge is -2.21. The molecule has 62 heavy (non-hydrogen) atoms. The van der Waals surface area contributed by atoms with E-state index >= 15 is 0 Å². The van der Waals surface area contributed by atoms with Crippen LogP contribution in [0, 0.1) is 22.7 Å². The number of carboxylic acid groups (broad SMARTS) is 2. The fraction of sp³-hybridized carbons (Fsp3) is 0.192. The highest BCUT2D eigenvalue weighted by atomic mass is 16.4. The lowest BCUT2D eigenvalue weighted by atomic mass is 9.83. The van der Waals surface area contributed by atoms with Crippen LogP contribution in [-0.2, 0) is 44.3 Å². The number of carbonyl (C=O) groups excluding carboxylic acids is 2. The highest BCUT2D eigenvalue weighted by Gasteiger charge is 2.75. The molecule has 10 rings (SSSR count). The van der Waals surface area contributed by atoms with Crippen molar-refractivity contribution in [2.45, 2.75) is 61.4 Å². The van der Waals surface area contributed by atoms with Crippen LogP contribution in [0.5, 0.6) is 0 Å². The van der Waals surface area contributed by atoms with Crippen molar-refractivity contribution >= 4 is 35.1 Å². The minimum atomic E-state index is -0.984. The quantitative estimate of drug-likeness (QED) is 0.154. The van der Waals surface area contributed by atoms with Gasteiger partial charge in [-0.25, -0.2) is 9.59 Å². The number of benzene rings is 6. The summed E-state index contributed by atoms with van der Waals surface area (Å²) < 4.78 is 0. The third-order valence-corrected chi connectivity index (χ3v) is 13.7. The molecule has 2 spiro atoms. The van der Waals surface area contributed by atoms with Gasteiger partial charge in [-0.1, -0.05) is 98.8 Å². The summed E-state index contributed by atoms with van der Waals surface area (Å²) in [6.45, 7) is 4.86. The highest BCUT2D eigenvalue weighted by molar-refractivity contribution is 6.13. The summed E-state index contributed by atoms with van der Waals surface area (Å²) in [7, 11) is 0. The number of fused-ring (bicyclic) bond motifs is 4. The van der Waals surface area contributed by atoms with Crippen LogP contribution in [0.1, 0.15) is 91.9 Å². The average Bonchev–Trinajstić information content (AvgIpc) is 4.11. The first-order valence-electron chi connectivity index (χ1n) is 20.3. The molecule has 6 aromatic rings. The summed E-state index contributed by atoms with van der Waals surface area (Å²) >= 11 is 0. The van der Waals surface area contributed by atoms with E-state index in [0.717, 1.165) is 44.8 Å². The molecule has 0 bridgehead atoms. The van der Waals surface area contributed by atoms with Crippen LogP contribution in [0.2, 0.25) is 0 Å². The second-order valence-corrected chi connectivity index (χ2v) is 17.0. The fourth-order valence-corrected chi connectivity index (χ4v) is 10.2. The predicted molar refractivity (Wildman–Crippen MR) is 232 cm³/mol. The molecule has 2 N–H and O–H groups in total. The van der Waals surface area contributed by atoms with Crippen molar-refractivity contribution in [3.63, 3.8) is 0 Å². The highest BCUT2D eigenvalue weighted by Crippen LogP contribution is 2.71. The van der Waals surface area contributed by atoms with E-state index in [1.54, 1.807) is 70.5 Å². The first-order valence-corrected chi connectivity index (χ1v) is 20.3. The second-order valence-electron chi connectivity index (χ2n) is 17.0. The standard InChI is InChI=1S/2C26H20N2O3/c2*1-25(20-11-9-17(14-27)10-12-20)16-26(25)21-7-2-3-8-22(21)28(24(26)31)15-18-5-4-6-19(13-18)23(29)30/h2*2-13H,15-16H2,1H3,(H,29,30)/t2*25-,26-/m10/s1. The Hall–Kier alpha value is -7.82. The Bertz CT molecular complexity index is 2750. The molecule has 2 heterocycles. The van der Waals surface area contributed by atoms with Gasteiger partial charge in [0.25, 0.3) is 0 Å². The van der Waals surface area contributed by atoms with Crippen molar-refractivity contribution < 1.29 is 29.4 Å². The van der Waals surface area contributed by atoms with Crippen LogP contribution in [0.4, 0.5) is 11.4 Å². The number of hydrogen-bond acceptors (Lipinski definition) is 6. The molecule has 4 atom stereocenters. The average molecular weight is 817 g/mol. The van der Waals surface area contributed by atoms with Crippen LogP contribution in [-0.4, -0.2) is 34.0 Å². The zero-order valence-corrected chi connectivity index (χ0v) is 34.0. The van der Waals surface area contributed by atoms with Gasteiger partial charge in [0.2, 0.25) is 11.8 Å². The Morgan fingerprint density at radius 2 is 0.919 bits per heavy atom. The second kappa shape index (κ2) is 14.4. The molecule has 4 aliphatic rings. The van der Waals surface area contributed by atoms with E-state index in [9.17, 15) is 29.4 Å². The Labute approximate surface area is 358 Å². The molecule has 0 saturated heterocycles. The fourth-order valence-electron chi connectivity index (χ4n) is 10.2. The van der Waals surface area contributed by atoms with Crippen LogP contribution in [0.15, 0.2) is 146 Å². The van der Waals surface area contributed by atoms with Crippen LogP contribution in [0.25, 0.3) is 0 Å². The van der Waals surface area contributed by atoms with Gasteiger partial charge >= 0.3 is 11.9 Å². The smallest absolute Gasteiger partial charge is 0.335 e. The maximum Gasteiger partial charge on any atom is 0.335 e. The summed E-state index contributed by atoms with van der Waals surface area (Å²) in [6, 6.07) is 48.4. The maximum absolute atomic E-state index is 13.8. The van der Waals surface area contributed by atoms with Gasteiger partial charge in [0.05, 0.1) is 58.3 Å². The molecule has 2 aliphatic carbocycles. The van der Waals surface area contributed by atoms with Crippen molar-refractivity contribution in [3.05, 3.63) is 201 Å². The van der Waals surface area contributed by atoms with Crippen LogP contribution >= 0.6 is 0 Å². The van der Waals surface area contributed by atoms with E-state index in [1.807, 2.05) is 84.9 Å². The predicted octanol–water partition coefficient (Wildman–Crippen LogP) is 8.81. The van der Waals surface area contributed by atoms with Crippen molar-refractivity contribution in [2.75, 3.05) is 9.80 Å². The zero-order valence-electron chi connectivity index (χ0n) is 34.0. The number of amides is 2. The Morgan fingerprint density at radius 3 is 1.27 bits per heavy atom. The van der Waals surface area contributed by atoms with Crippen molar-refractivity contribution in [2.24, 2.45) is 0 Å². The molecule has 6 aromatic carbocycles. The first kappa shape index (κ1) is 39.6. The molecule has 0 radical (unpaired) electrons. The Kier molecular flexibility index (Phi) is 9.22. The molecular formula is C52H40N4O6. The number of rotatable bonds is 8. The summed E-state index contributed by atoms with van der Waals surface area (Å²) in [5.41, 5.74) is 7.07. The molecule has 2 aliphatic heterocycles. The third kappa shape index (κ3) is 5.90. The molecule has 2 saturated carbocycles. The Balaban J connectivity index is 0.000000158. The number of carboxylic acids is 2. The van der Waals surface area contributed by atoms with Gasteiger partial charge in [-0.05, 0) is 107 Å². The zero-order chi connectivity index (χ0) is 43.6. The molecular weight excluding hydrogens is 777 g/mol. The number of carbonyl (C=O) groups is 4. The maximum atomic E-state index is 13.8. The molecule has 2 amide bonds. The van der Waals surface area contributed by atoms with Crippen molar-refractivity contribution in [3.8, 4) is 12.1 Å². The van der Waals surface area contributed by atoms with E-state index in [1.165, 1.54) is 0 Å². The molecule has 0 unspecified atom stereocenters. The number of nitriles is 2. The van der Waals surface area contributed by atoms with E-state index in [0.29, 0.717) is 37.1 Å². The van der Waals surface area contributed by atoms with Gasteiger partial charge in [-0.2, -0.15) is 10.5 Å². The molecule has 2 fully saturated rings. The van der Waals surface area contributed by atoms with Gasteiger partial charge < -0.3 is 20.0 Å². The van der Waals surface area contributed by atoms with E-state index < -0.39 is 22.8 Å². The van der Waals surface area contributed by atoms with E-state index in [4.69, 9.17) is 10.5 Å². The number of para-hydroxylation sites is 2. The first-order chi connectivity index (χ1) is 29.8.